The van der Waals surface area contributed by atoms with Gasteiger partial charge in [0.15, 0.2) is 23.6 Å². The van der Waals surface area contributed by atoms with E-state index >= 15 is 0 Å². The van der Waals surface area contributed by atoms with Gasteiger partial charge in [-0.3, -0.25) is 32.8 Å². The van der Waals surface area contributed by atoms with Crippen molar-refractivity contribution in [3.05, 3.63) is 57.6 Å². The number of ether oxygens (including phenoxy) is 2. The Morgan fingerprint density at radius 3 is 2.30 bits per heavy atom. The van der Waals surface area contributed by atoms with Crippen LogP contribution in [0.4, 0.5) is 5.95 Å². The standard InChI is InChI=1S/C23H25N7O12P2S2/c24-23-27-18-13(19(33)28-23)26-8-29(18)22-17-14(31)11(39-22)5-37-43(35,45)41-16-12(6-38-44(36,46)42-17)40-21(15(16)32)30-7-25-10-4-2-1-3-9(10)20(30)34/h1-4,7-8,11-12,14-17,21-22,31-32H,5-6H2,(H,35,45)(H,36,46)(H3,24,27,28,33)/t11-,12-,14-,15-,16-,17-,21-,22-,43?,44?/m1/s1. The lowest BCUT2D eigenvalue weighted by Gasteiger charge is -2.28. The lowest BCUT2D eigenvalue weighted by molar-refractivity contribution is -0.0619. The molecule has 0 aliphatic carbocycles. The molecule has 19 nitrogen and oxygen atoms in total. The van der Waals surface area contributed by atoms with Crippen molar-refractivity contribution in [1.82, 2.24) is 29.1 Å². The number of aliphatic hydroxyl groups excluding tert-OH is 2. The number of H-pyrrole nitrogens is 1. The number of aromatic nitrogens is 6. The number of rotatable bonds is 2. The quantitative estimate of drug-likeness (QED) is 0.134. The first-order valence-corrected chi connectivity index (χ1v) is 18.7. The second-order valence-corrected chi connectivity index (χ2v) is 16.1. The molecule has 4 aromatic rings. The predicted octanol–water partition coefficient (Wildman–Crippen LogP) is -1.12. The molecule has 0 radical (unpaired) electrons. The number of anilines is 1. The second-order valence-electron chi connectivity index (χ2n) is 10.5. The van der Waals surface area contributed by atoms with Gasteiger partial charge in [0.2, 0.25) is 5.95 Å². The number of hydrogen-bond acceptors (Lipinski definition) is 16. The zero-order chi connectivity index (χ0) is 32.5. The first-order chi connectivity index (χ1) is 21.8. The largest absolute Gasteiger partial charge is 0.387 e. The Hall–Kier alpha value is -2.59. The van der Waals surface area contributed by atoms with Crippen molar-refractivity contribution in [1.29, 1.82) is 0 Å². The summed E-state index contributed by atoms with van der Waals surface area (Å²) in [5.74, 6) is -0.223. The lowest BCUT2D eigenvalue weighted by atomic mass is 10.1. The van der Waals surface area contributed by atoms with E-state index < -0.39 is 86.8 Å². The van der Waals surface area contributed by atoms with Gasteiger partial charge < -0.3 is 44.3 Å². The van der Waals surface area contributed by atoms with Crippen molar-refractivity contribution >= 4 is 65.1 Å². The van der Waals surface area contributed by atoms with Gasteiger partial charge >= 0.3 is 13.4 Å². The summed E-state index contributed by atoms with van der Waals surface area (Å²) in [6.07, 6.45) is -8.94. The Labute approximate surface area is 266 Å². The van der Waals surface area contributed by atoms with Crippen LogP contribution in [0.15, 0.2) is 46.5 Å². The molecule has 7 N–H and O–H groups in total. The number of nitrogens with one attached hydrogen (secondary N) is 1. The molecule has 0 amide bonds. The molecule has 1 aromatic carbocycles. The van der Waals surface area contributed by atoms with E-state index in [0.717, 1.165) is 4.57 Å². The molecule has 46 heavy (non-hydrogen) atoms. The van der Waals surface area contributed by atoms with Gasteiger partial charge in [-0.25, -0.2) is 9.97 Å². The van der Waals surface area contributed by atoms with E-state index in [0.29, 0.717) is 5.52 Å². The van der Waals surface area contributed by atoms with Crippen LogP contribution in [0.5, 0.6) is 0 Å². The van der Waals surface area contributed by atoms with Gasteiger partial charge in [0, 0.05) is 0 Å². The van der Waals surface area contributed by atoms with E-state index in [1.165, 1.54) is 17.2 Å². The van der Waals surface area contributed by atoms with Crippen LogP contribution >= 0.6 is 13.4 Å². The fourth-order valence-corrected chi connectivity index (χ4v) is 8.36. The number of aliphatic hydroxyl groups is 2. The Morgan fingerprint density at radius 1 is 0.891 bits per heavy atom. The normalized spacial score (nSPS) is 37.0. The third kappa shape index (κ3) is 5.75. The number of nitrogen functional groups attached to an aromatic ring is 1. The number of nitrogens with two attached hydrogens (primary N) is 1. The van der Waals surface area contributed by atoms with Gasteiger partial charge in [0.05, 0.1) is 30.4 Å². The topological polar surface area (TPSA) is 261 Å². The molecule has 3 aliphatic heterocycles. The van der Waals surface area contributed by atoms with E-state index in [9.17, 15) is 29.6 Å². The number of aromatic amines is 1. The van der Waals surface area contributed by atoms with Crippen LogP contribution in [-0.2, 0) is 51.2 Å². The first kappa shape index (κ1) is 32.0. The highest BCUT2D eigenvalue weighted by molar-refractivity contribution is 8.07. The molecule has 23 heteroatoms. The highest BCUT2D eigenvalue weighted by Gasteiger charge is 2.52. The van der Waals surface area contributed by atoms with Crippen molar-refractivity contribution in [2.24, 2.45) is 0 Å². The predicted molar refractivity (Wildman–Crippen MR) is 163 cm³/mol. The molecule has 3 fully saturated rings. The summed E-state index contributed by atoms with van der Waals surface area (Å²) >= 11 is 10.4. The number of benzene rings is 1. The zero-order valence-corrected chi connectivity index (χ0v) is 26.5. The minimum atomic E-state index is -4.26. The molecule has 3 aliphatic rings. The maximum atomic E-state index is 13.3. The molecule has 3 saturated heterocycles. The summed E-state index contributed by atoms with van der Waals surface area (Å²) in [7, 11) is 0. The number of fused-ring (bicyclic) bond motifs is 5. The second kappa shape index (κ2) is 11.8. The van der Waals surface area contributed by atoms with Gasteiger partial charge in [0.25, 0.3) is 11.1 Å². The fourth-order valence-electron chi connectivity index (χ4n) is 5.50. The number of imidazole rings is 1. The first-order valence-electron chi connectivity index (χ1n) is 13.5. The molecule has 7 rings (SSSR count). The van der Waals surface area contributed by atoms with Crippen molar-refractivity contribution in [2.75, 3.05) is 18.9 Å². The van der Waals surface area contributed by atoms with E-state index in [1.807, 2.05) is 0 Å². The van der Waals surface area contributed by atoms with Gasteiger partial charge in [-0.1, -0.05) is 12.1 Å². The summed E-state index contributed by atoms with van der Waals surface area (Å²) < 4.78 is 36.7. The van der Waals surface area contributed by atoms with Crippen molar-refractivity contribution in [3.63, 3.8) is 0 Å². The Morgan fingerprint density at radius 2 is 1.54 bits per heavy atom. The highest BCUT2D eigenvalue weighted by atomic mass is 32.5. The van der Waals surface area contributed by atoms with Gasteiger partial charge in [0.1, 0.15) is 43.0 Å². The van der Waals surface area contributed by atoms with Crippen molar-refractivity contribution in [3.8, 4) is 0 Å². The molecule has 0 saturated carbocycles. The molecular weight excluding hydrogens is 692 g/mol. The third-order valence-electron chi connectivity index (χ3n) is 7.63. The zero-order valence-electron chi connectivity index (χ0n) is 23.1. The van der Waals surface area contributed by atoms with Crippen LogP contribution in [0.25, 0.3) is 22.1 Å². The summed E-state index contributed by atoms with van der Waals surface area (Å²) in [5.41, 5.74) is 4.83. The van der Waals surface area contributed by atoms with E-state index in [-0.39, 0.29) is 22.5 Å². The number of hydrogen-bond donors (Lipinski definition) is 6. The monoisotopic (exact) mass is 717 g/mol. The molecule has 3 aromatic heterocycles. The fraction of sp³-hybridized carbons (Fsp3) is 0.435. The molecule has 2 bridgehead atoms. The average Bonchev–Trinajstić information content (AvgIpc) is 3.65. The Bertz CT molecular complexity index is 2050. The minimum absolute atomic E-state index is 0.0295. The van der Waals surface area contributed by atoms with E-state index in [1.54, 1.807) is 24.3 Å². The third-order valence-corrected chi connectivity index (χ3v) is 10.7. The average molecular weight is 718 g/mol. The summed E-state index contributed by atoms with van der Waals surface area (Å²) in [6.45, 7) is -9.63. The van der Waals surface area contributed by atoms with Crippen LogP contribution in [0, 0.1) is 0 Å². The molecule has 246 valence electrons. The van der Waals surface area contributed by atoms with Crippen LogP contribution in [0.2, 0.25) is 0 Å². The van der Waals surface area contributed by atoms with Gasteiger partial charge in [-0.2, -0.15) is 4.98 Å². The summed E-state index contributed by atoms with van der Waals surface area (Å²) in [6, 6.07) is 6.57. The maximum absolute atomic E-state index is 13.3. The van der Waals surface area contributed by atoms with Crippen LogP contribution in [0.1, 0.15) is 12.5 Å². The van der Waals surface area contributed by atoms with Crippen LogP contribution < -0.4 is 16.9 Å². The molecule has 6 heterocycles. The molecule has 0 spiro atoms. The minimum Gasteiger partial charge on any atom is -0.387 e. The number of para-hydroxylation sites is 1. The Kier molecular flexibility index (Phi) is 8.22. The van der Waals surface area contributed by atoms with Gasteiger partial charge in [-0.05, 0) is 35.7 Å². The molecular formula is C23H25N7O12P2S2. The Balaban J connectivity index is 1.21. The molecule has 10 atom stereocenters. The van der Waals surface area contributed by atoms with E-state index in [4.69, 9.17) is 56.9 Å². The maximum Gasteiger partial charge on any atom is 0.325 e. The van der Waals surface area contributed by atoms with Crippen molar-refractivity contribution in [2.45, 2.75) is 49.1 Å². The van der Waals surface area contributed by atoms with E-state index in [2.05, 4.69) is 19.9 Å². The van der Waals surface area contributed by atoms with Crippen LogP contribution in [0.3, 0.4) is 0 Å². The summed E-state index contributed by atoms with van der Waals surface area (Å²) in [4.78, 5) is 62.4. The molecule has 2 unspecified atom stereocenters. The number of nitrogens with zero attached hydrogens (tertiary/aromatic N) is 5. The highest BCUT2D eigenvalue weighted by Crippen LogP contribution is 2.53. The smallest absolute Gasteiger partial charge is 0.325 e. The lowest BCUT2D eigenvalue weighted by Crippen LogP contribution is -2.37. The van der Waals surface area contributed by atoms with Crippen molar-refractivity contribution < 1.29 is 47.6 Å². The van der Waals surface area contributed by atoms with Gasteiger partial charge in [-0.15, -0.1) is 0 Å². The SMILES string of the molecule is Nc1nc2c(ncn2[C@@H]2O[C@@H]3COP(O)(=S)O[C@H]4[C@@H](O)[C@H](n5cnc6ccccc6c5=O)O[C@@H]4COP(O)(=S)O[C@@H]2[C@@H]3O)c(=O)[nH]1. The summed E-state index contributed by atoms with van der Waals surface area (Å²) in [5, 5.41) is 22.7. The van der Waals surface area contributed by atoms with Crippen LogP contribution in [-0.4, -0.2) is 98.9 Å².